The molecule has 0 spiro atoms. The van der Waals surface area contributed by atoms with E-state index in [2.05, 4.69) is 32.8 Å². The van der Waals surface area contributed by atoms with E-state index in [-0.39, 0.29) is 109 Å². The third-order valence-corrected chi connectivity index (χ3v) is 18.3. The first-order valence-corrected chi connectivity index (χ1v) is 38.5. The van der Waals surface area contributed by atoms with E-state index in [0.717, 1.165) is 45.5 Å². The number of carboxylic acid groups (broad SMARTS) is 1. The molecule has 10 rings (SSSR count). The molecule has 4 heterocycles. The molecule has 26 nitrogen and oxygen atoms in total. The van der Waals surface area contributed by atoms with E-state index in [0.29, 0.717) is 57.9 Å². The highest BCUT2D eigenvalue weighted by Gasteiger charge is 2.46. The second-order valence-corrected chi connectivity index (χ2v) is 29.7. The molecule has 1 saturated heterocycles. The maximum atomic E-state index is 13.7. The van der Waals surface area contributed by atoms with Crippen molar-refractivity contribution in [2.24, 2.45) is 0 Å². The third-order valence-electron chi connectivity index (χ3n) is 18.3. The first kappa shape index (κ1) is 105. The van der Waals surface area contributed by atoms with Crippen molar-refractivity contribution in [1.82, 2.24) is 30.7 Å². The Morgan fingerprint density at radius 3 is 1.20 bits per heavy atom. The molecule has 0 aromatic heterocycles. The molecule has 4 N–H and O–H groups in total. The van der Waals surface area contributed by atoms with Gasteiger partial charge < -0.3 is 53.4 Å². The van der Waals surface area contributed by atoms with Crippen LogP contribution in [-0.4, -0.2) is 177 Å². The molecule has 6 aromatic rings. The zero-order chi connectivity index (χ0) is 84.2. The molecule has 3 amide bonds. The Hall–Kier alpha value is -10.8. The summed E-state index contributed by atoms with van der Waals surface area (Å²) in [6.07, 6.45) is 4.05. The van der Waals surface area contributed by atoms with E-state index in [1.165, 1.54) is 34.8 Å². The van der Waals surface area contributed by atoms with Crippen LogP contribution < -0.4 is 16.0 Å². The molecular formula is C91H125ClN6O20. The lowest BCUT2D eigenvalue weighted by atomic mass is 9.93. The van der Waals surface area contributed by atoms with E-state index in [1.54, 1.807) is 46.4 Å². The number of carboxylic acids is 1. The van der Waals surface area contributed by atoms with Gasteiger partial charge in [0, 0.05) is 32.5 Å². The SMILES string of the molecule is C.C.C.CC(C)(C)OC(=O)[C@@H]1Cc2ccccc2CN1.CC(C)=O.CCOC(=O)[C@H](CCc1ccccc1)N1C(=O)OC(=O)[C@@H]1C.CCOC(=O)[C@H](CCc1ccccc1)N[C@@H](C)C(=O)N1Cc2ccccc2C[C@H]1C(=O)O.CCOC(=O)[C@H](CCc1ccccc1)N[C@@H](C)C(=O)N1Cc2ccccc2C[C@H]1C(=O)OC(C)(C)C.Cl.O=C=O. The maximum Gasteiger partial charge on any atom is 0.419 e. The highest BCUT2D eigenvalue weighted by atomic mass is 35.5. The van der Waals surface area contributed by atoms with Crippen molar-refractivity contribution >= 4 is 84.0 Å². The zero-order valence-corrected chi connectivity index (χ0v) is 69.2. The van der Waals surface area contributed by atoms with Gasteiger partial charge in [0.05, 0.1) is 31.9 Å². The number of aryl methyl sites for hydroxylation is 3. The summed E-state index contributed by atoms with van der Waals surface area (Å²) < 4.78 is 31.2. The lowest BCUT2D eigenvalue weighted by Gasteiger charge is -2.38. The highest BCUT2D eigenvalue weighted by Crippen LogP contribution is 2.29. The number of hydrogen-bond acceptors (Lipinski definition) is 22. The first-order chi connectivity index (χ1) is 54.1. The van der Waals surface area contributed by atoms with Crippen LogP contribution in [0.3, 0.4) is 0 Å². The summed E-state index contributed by atoms with van der Waals surface area (Å²) in [5, 5.41) is 19.2. The lowest BCUT2D eigenvalue weighted by molar-refractivity contribution is -0.192. The summed E-state index contributed by atoms with van der Waals surface area (Å²) in [4.78, 5) is 154. The van der Waals surface area contributed by atoms with Gasteiger partial charge in [-0.25, -0.2) is 24.0 Å². The Kier molecular flexibility index (Phi) is 47.1. The van der Waals surface area contributed by atoms with Gasteiger partial charge in [-0.05, 0) is 192 Å². The van der Waals surface area contributed by atoms with E-state index < -0.39 is 95.5 Å². The van der Waals surface area contributed by atoms with Crippen LogP contribution in [0.2, 0.25) is 0 Å². The number of esters is 6. The summed E-state index contributed by atoms with van der Waals surface area (Å²) >= 11 is 0. The molecule has 4 aliphatic rings. The van der Waals surface area contributed by atoms with Crippen LogP contribution in [0.15, 0.2) is 164 Å². The largest absolute Gasteiger partial charge is 0.480 e. The van der Waals surface area contributed by atoms with Gasteiger partial charge >= 0.3 is 54.0 Å². The molecule has 0 saturated carbocycles. The summed E-state index contributed by atoms with van der Waals surface area (Å²) in [5.41, 5.74) is 8.57. The van der Waals surface area contributed by atoms with Crippen LogP contribution in [0.4, 0.5) is 4.79 Å². The Labute approximate surface area is 702 Å². The fourth-order valence-corrected chi connectivity index (χ4v) is 12.9. The van der Waals surface area contributed by atoms with Crippen LogP contribution in [0, 0.1) is 0 Å². The van der Waals surface area contributed by atoms with Crippen molar-refractivity contribution in [1.29, 1.82) is 0 Å². The van der Waals surface area contributed by atoms with Gasteiger partial charge in [0.15, 0.2) is 0 Å². The average molecular weight is 1660 g/mol. The van der Waals surface area contributed by atoms with Crippen LogP contribution in [0.1, 0.15) is 189 Å². The Bertz CT molecular complexity index is 4180. The topological polar surface area (TPSA) is 343 Å². The molecule has 118 heavy (non-hydrogen) atoms. The minimum Gasteiger partial charge on any atom is -0.480 e. The van der Waals surface area contributed by atoms with Gasteiger partial charge in [0.25, 0.3) is 0 Å². The lowest BCUT2D eigenvalue weighted by Crippen LogP contribution is -2.57. The third kappa shape index (κ3) is 34.8. The molecule has 0 bridgehead atoms. The number of ether oxygens (including phenoxy) is 6. The number of rotatable bonds is 25. The Balaban J connectivity index is 0.000000779. The number of Topliss-reactive ketones (excluding diaryl/α,β-unsaturated/α-hetero) is 1. The smallest absolute Gasteiger partial charge is 0.419 e. The molecule has 4 aliphatic heterocycles. The molecule has 0 aliphatic carbocycles. The van der Waals surface area contributed by atoms with Crippen molar-refractivity contribution in [2.75, 3.05) is 19.8 Å². The molecule has 0 radical (unpaired) electrons. The van der Waals surface area contributed by atoms with Crippen molar-refractivity contribution in [3.63, 3.8) is 0 Å². The van der Waals surface area contributed by atoms with Crippen LogP contribution >= 0.6 is 12.4 Å². The maximum absolute atomic E-state index is 13.7. The van der Waals surface area contributed by atoms with Crippen LogP contribution in [0.5, 0.6) is 0 Å². The minimum atomic E-state index is -1.04. The molecule has 0 unspecified atom stereocenters. The Morgan fingerprint density at radius 2 is 0.839 bits per heavy atom. The monoisotopic (exact) mass is 1660 g/mol. The number of cyclic esters (lactones) is 2. The number of benzene rings is 6. The molecule has 6 aromatic carbocycles. The number of carbonyl (C=O) groups excluding carboxylic acids is 12. The van der Waals surface area contributed by atoms with Crippen molar-refractivity contribution in [3.05, 3.63) is 214 Å². The number of nitrogens with zero attached hydrogens (tertiary/aromatic N) is 3. The van der Waals surface area contributed by atoms with Gasteiger partial charge in [-0.2, -0.15) is 9.59 Å². The van der Waals surface area contributed by atoms with Crippen molar-refractivity contribution in [3.8, 4) is 0 Å². The van der Waals surface area contributed by atoms with E-state index >= 15 is 0 Å². The van der Waals surface area contributed by atoms with E-state index in [1.807, 2.05) is 193 Å². The zero-order valence-electron chi connectivity index (χ0n) is 68.3. The fraction of sp³-hybridized carbons (Fsp3) is 0.473. The second kappa shape index (κ2) is 52.8. The van der Waals surface area contributed by atoms with Gasteiger partial charge in [-0.1, -0.05) is 186 Å². The summed E-state index contributed by atoms with van der Waals surface area (Å²) in [5.74, 6) is -4.02. The van der Waals surface area contributed by atoms with Gasteiger partial charge in [0.1, 0.15) is 59.3 Å². The standard InChI is InChI=1S/C29H38N2O5.C25H30N2O5.C16H19NO5.C14H19NO2.C3H6O.CO2.3CH4.ClH/c1-6-35-27(33)24(17-16-21-12-8-7-9-13-21)30-20(2)26(32)31-19-23-15-11-10-14-22(23)18-25(31)28(34)36-29(3,4)5;1-3-32-25(31)21(14-13-18-9-5-4-6-10-18)26-17(2)23(28)27-16-20-12-8-7-11-19(20)15-22(27)24(29)30;1-3-21-15(19)13(10-9-12-7-5-4-6-8-12)17-11(2)14(18)22-16(17)20;1-14(2,3)17-13(16)12-8-10-6-4-5-7-11(10)9-15-12;1-3(2)4;2-1-3;;;;/h7-15,20,24-25,30H,6,16-19H2,1-5H3;4-12,17,21-22,26H,3,13-16H2,1-2H3,(H,29,30);4-8,11,13H,3,9-10H2,1-2H3;4-7,12,15H,8-9H2,1-3H3;1-2H3;;3*1H4;1H/t20-,24-,25-;17-,21-,22-;11-,13-;12-;;;;;;/m0000....../s1. The number of ketones is 1. The van der Waals surface area contributed by atoms with Gasteiger partial charge in [-0.15, -0.1) is 12.4 Å². The predicted octanol–water partition coefficient (Wildman–Crippen LogP) is 12.7. The molecular weight excluding hydrogens is 1530 g/mol. The summed E-state index contributed by atoms with van der Waals surface area (Å²) in [6, 6.07) is 46.6. The van der Waals surface area contributed by atoms with Crippen LogP contribution in [-0.2, 0) is 144 Å². The first-order valence-electron chi connectivity index (χ1n) is 38.5. The highest BCUT2D eigenvalue weighted by molar-refractivity contribution is 5.98. The summed E-state index contributed by atoms with van der Waals surface area (Å²) in [7, 11) is 0. The van der Waals surface area contributed by atoms with E-state index in [9.17, 15) is 57.8 Å². The van der Waals surface area contributed by atoms with Crippen molar-refractivity contribution in [2.45, 2.75) is 262 Å². The van der Waals surface area contributed by atoms with E-state index in [4.69, 9.17) is 33.3 Å². The van der Waals surface area contributed by atoms with Gasteiger partial charge in [0.2, 0.25) is 11.8 Å². The minimum absolute atomic E-state index is 0. The molecule has 27 heteroatoms. The quantitative estimate of drug-likeness (QED) is 0.0235. The number of aliphatic carboxylic acids is 1. The molecule has 9 atom stereocenters. The second-order valence-electron chi connectivity index (χ2n) is 29.7. The fourth-order valence-electron chi connectivity index (χ4n) is 12.9. The number of hydrogen-bond donors (Lipinski definition) is 4. The number of fused-ring (bicyclic) bond motifs is 3. The molecule has 1 fully saturated rings. The predicted molar refractivity (Wildman–Crippen MR) is 451 cm³/mol. The Morgan fingerprint density at radius 1 is 0.508 bits per heavy atom. The molecule has 646 valence electrons. The van der Waals surface area contributed by atoms with Crippen molar-refractivity contribution < 1.29 is 95.9 Å². The average Bonchev–Trinajstić information content (AvgIpc) is 0.952. The van der Waals surface area contributed by atoms with Gasteiger partial charge in [-0.3, -0.25) is 39.5 Å². The normalized spacial score (nSPS) is 16.5. The summed E-state index contributed by atoms with van der Waals surface area (Å²) in [6.45, 7) is 26.3. The van der Waals surface area contributed by atoms with Crippen LogP contribution in [0.25, 0.3) is 0 Å². The number of amides is 3. The number of halogens is 1. The number of nitrogens with one attached hydrogen (secondary N) is 3. The number of carbonyl (C=O) groups is 11.